The van der Waals surface area contributed by atoms with Crippen molar-refractivity contribution >= 4 is 13.7 Å². The molecule has 0 spiro atoms. The highest BCUT2D eigenvalue weighted by atomic mass is 19.1. The first-order chi connectivity index (χ1) is 9.60. The van der Waals surface area contributed by atoms with Crippen molar-refractivity contribution in [2.45, 2.75) is 12.0 Å². The van der Waals surface area contributed by atoms with Crippen LogP contribution in [0.3, 0.4) is 0 Å². The maximum atomic E-state index is 13.4. The smallest absolute Gasteiger partial charge is 0.200 e. The Kier molecular flexibility index (Phi) is 5.14. The zero-order valence-corrected chi connectivity index (χ0v) is 11.5. The molecule has 0 unspecified atom stereocenters. The Morgan fingerprint density at radius 2 is 2.35 bits per heavy atom. The van der Waals surface area contributed by atoms with Crippen LogP contribution in [0.5, 0.6) is 0 Å². The number of nitrogens with one attached hydrogen (secondary N) is 1. The lowest BCUT2D eigenvalue weighted by Gasteiger charge is -2.19. The summed E-state index contributed by atoms with van der Waals surface area (Å²) in [5.41, 5.74) is 0.878. The van der Waals surface area contributed by atoms with Gasteiger partial charge >= 0.3 is 0 Å². The monoisotopic (exact) mass is 276 g/mol. The SMILES string of the molecule is [B]C(=O)N[C@@H]1CN(CCOC)C[C@H]1c1cccc(F)c1. The van der Waals surface area contributed by atoms with E-state index in [9.17, 15) is 9.18 Å². The third kappa shape index (κ3) is 3.80. The van der Waals surface area contributed by atoms with Gasteiger partial charge in [-0.3, -0.25) is 9.69 Å². The summed E-state index contributed by atoms with van der Waals surface area (Å²) in [5, 5.41) is 2.75. The van der Waals surface area contributed by atoms with Crippen LogP contribution in [-0.4, -0.2) is 57.9 Å². The van der Waals surface area contributed by atoms with Crippen LogP contribution in [0.1, 0.15) is 11.5 Å². The molecule has 0 aromatic heterocycles. The van der Waals surface area contributed by atoms with E-state index in [-0.39, 0.29) is 17.8 Å². The molecule has 0 bridgehead atoms. The minimum Gasteiger partial charge on any atom is -0.383 e. The van der Waals surface area contributed by atoms with Crippen molar-refractivity contribution in [3.63, 3.8) is 0 Å². The average Bonchev–Trinajstić information content (AvgIpc) is 2.78. The molecule has 1 aromatic rings. The molecular formula is C14H18BFN2O2. The molecule has 2 rings (SSSR count). The summed E-state index contributed by atoms with van der Waals surface area (Å²) >= 11 is 0. The van der Waals surface area contributed by atoms with Crippen LogP contribution in [0, 0.1) is 5.82 Å². The Hall–Kier alpha value is -1.40. The Labute approximate surface area is 119 Å². The average molecular weight is 276 g/mol. The number of carbonyl (C=O) groups is 1. The van der Waals surface area contributed by atoms with Gasteiger partial charge < -0.3 is 10.1 Å². The number of halogens is 1. The molecule has 2 radical (unpaired) electrons. The van der Waals surface area contributed by atoms with E-state index in [0.717, 1.165) is 18.7 Å². The van der Waals surface area contributed by atoms with E-state index in [2.05, 4.69) is 10.2 Å². The van der Waals surface area contributed by atoms with Gasteiger partial charge in [-0.2, -0.15) is 0 Å². The van der Waals surface area contributed by atoms with Gasteiger partial charge in [0.05, 0.1) is 6.61 Å². The highest BCUT2D eigenvalue weighted by Crippen LogP contribution is 2.28. The number of methoxy groups -OCH3 is 1. The molecule has 1 N–H and O–H groups in total. The minimum atomic E-state index is -0.551. The summed E-state index contributed by atoms with van der Waals surface area (Å²) in [5.74, 6) is -0.782. The number of carbonyl (C=O) groups excluding carboxylic acids is 1. The van der Waals surface area contributed by atoms with Gasteiger partial charge in [-0.15, -0.1) is 0 Å². The van der Waals surface area contributed by atoms with Gasteiger partial charge in [-0.05, 0) is 17.7 Å². The summed E-state index contributed by atoms with van der Waals surface area (Å²) in [7, 11) is 6.87. The molecule has 2 atom stereocenters. The number of amides is 1. The van der Waals surface area contributed by atoms with Crippen LogP contribution in [0.2, 0.25) is 0 Å². The van der Waals surface area contributed by atoms with E-state index >= 15 is 0 Å². The number of hydrogen-bond donors (Lipinski definition) is 1. The van der Waals surface area contributed by atoms with Crippen LogP contribution >= 0.6 is 0 Å². The zero-order valence-electron chi connectivity index (χ0n) is 11.5. The molecule has 20 heavy (non-hydrogen) atoms. The molecule has 1 heterocycles. The highest BCUT2D eigenvalue weighted by Gasteiger charge is 2.34. The van der Waals surface area contributed by atoms with E-state index in [1.54, 1.807) is 13.2 Å². The Morgan fingerprint density at radius 3 is 3.00 bits per heavy atom. The second-order valence-corrected chi connectivity index (χ2v) is 5.03. The number of likely N-dealkylation sites (tertiary alicyclic amines) is 1. The molecule has 4 nitrogen and oxygen atoms in total. The van der Waals surface area contributed by atoms with Crippen molar-refractivity contribution in [3.8, 4) is 0 Å². The number of nitrogens with zero attached hydrogens (tertiary/aromatic N) is 1. The molecule has 1 aliphatic rings. The molecule has 0 aliphatic carbocycles. The van der Waals surface area contributed by atoms with Gasteiger partial charge in [0.2, 0.25) is 7.85 Å². The molecule has 1 saturated heterocycles. The third-order valence-corrected chi connectivity index (χ3v) is 3.61. The first-order valence-corrected chi connectivity index (χ1v) is 6.63. The van der Waals surface area contributed by atoms with Crippen molar-refractivity contribution in [3.05, 3.63) is 35.6 Å². The third-order valence-electron chi connectivity index (χ3n) is 3.61. The molecule has 1 fully saturated rings. The fraction of sp³-hybridized carbons (Fsp3) is 0.500. The standard InChI is InChI=1S/C14H18BFN2O2/c1-20-6-5-18-8-12(13(9-18)17-14(15)19)10-3-2-4-11(16)7-10/h2-4,7,12-13H,5-6,8-9H2,1H3,(H,17,19)/t12-,13+/m0/s1. The molecular weight excluding hydrogens is 258 g/mol. The summed E-state index contributed by atoms with van der Waals surface area (Å²) in [6.45, 7) is 2.84. The van der Waals surface area contributed by atoms with Crippen molar-refractivity contribution in [1.82, 2.24) is 10.2 Å². The van der Waals surface area contributed by atoms with Gasteiger partial charge in [-0.25, -0.2) is 4.39 Å². The fourth-order valence-corrected chi connectivity index (χ4v) is 2.69. The molecule has 1 aromatic carbocycles. The first-order valence-electron chi connectivity index (χ1n) is 6.63. The Bertz CT molecular complexity index is 472. The summed E-state index contributed by atoms with van der Waals surface area (Å²) < 4.78 is 18.4. The van der Waals surface area contributed by atoms with Crippen molar-refractivity contribution in [2.24, 2.45) is 0 Å². The zero-order chi connectivity index (χ0) is 14.5. The first kappa shape index (κ1) is 15.0. The van der Waals surface area contributed by atoms with E-state index in [4.69, 9.17) is 12.6 Å². The normalized spacial score (nSPS) is 22.9. The predicted molar refractivity (Wildman–Crippen MR) is 75.5 cm³/mol. The van der Waals surface area contributed by atoms with Crippen molar-refractivity contribution in [2.75, 3.05) is 33.4 Å². The molecule has 6 heteroatoms. The Balaban J connectivity index is 2.12. The van der Waals surface area contributed by atoms with Crippen molar-refractivity contribution in [1.29, 1.82) is 0 Å². The van der Waals surface area contributed by atoms with Crippen LogP contribution in [0.4, 0.5) is 9.18 Å². The molecule has 1 aliphatic heterocycles. The lowest BCUT2D eigenvalue weighted by atomic mass is 9.93. The van der Waals surface area contributed by atoms with Crippen molar-refractivity contribution < 1.29 is 13.9 Å². The number of benzene rings is 1. The van der Waals surface area contributed by atoms with Gasteiger partial charge in [0.1, 0.15) is 5.82 Å². The molecule has 0 saturated carbocycles. The quantitative estimate of drug-likeness (QED) is 0.819. The highest BCUT2D eigenvalue weighted by molar-refractivity contribution is 6.57. The lowest BCUT2D eigenvalue weighted by Crippen LogP contribution is -2.39. The molecule has 1 amide bonds. The summed E-state index contributed by atoms with van der Waals surface area (Å²) in [4.78, 5) is 13.3. The van der Waals surface area contributed by atoms with Gasteiger partial charge in [0.15, 0.2) is 5.81 Å². The lowest BCUT2D eigenvalue weighted by molar-refractivity contribution is 0.159. The van der Waals surface area contributed by atoms with E-state index in [0.29, 0.717) is 13.2 Å². The largest absolute Gasteiger partial charge is 0.383 e. The molecule has 106 valence electrons. The topological polar surface area (TPSA) is 41.6 Å². The number of rotatable bonds is 5. The summed E-state index contributed by atoms with van der Waals surface area (Å²) in [6.07, 6.45) is 0. The van der Waals surface area contributed by atoms with Crippen LogP contribution < -0.4 is 5.32 Å². The van der Waals surface area contributed by atoms with E-state index in [1.165, 1.54) is 12.1 Å². The fourth-order valence-electron chi connectivity index (χ4n) is 2.69. The second-order valence-electron chi connectivity index (χ2n) is 5.03. The number of ether oxygens (including phenoxy) is 1. The maximum absolute atomic E-state index is 13.4. The number of hydrogen-bond acceptors (Lipinski definition) is 3. The van der Waals surface area contributed by atoms with E-state index < -0.39 is 5.81 Å². The maximum Gasteiger partial charge on any atom is 0.200 e. The van der Waals surface area contributed by atoms with Gasteiger partial charge in [-0.1, -0.05) is 12.1 Å². The van der Waals surface area contributed by atoms with Gasteiger partial charge in [0.25, 0.3) is 0 Å². The van der Waals surface area contributed by atoms with Crippen LogP contribution in [-0.2, 0) is 4.74 Å². The Morgan fingerprint density at radius 1 is 1.55 bits per heavy atom. The van der Waals surface area contributed by atoms with Crippen LogP contribution in [0.15, 0.2) is 24.3 Å². The second kappa shape index (κ2) is 6.86. The van der Waals surface area contributed by atoms with Gasteiger partial charge in [0, 0.05) is 38.7 Å². The van der Waals surface area contributed by atoms with E-state index in [1.807, 2.05) is 6.07 Å². The summed E-state index contributed by atoms with van der Waals surface area (Å²) in [6, 6.07) is 6.39. The minimum absolute atomic E-state index is 0.0371. The van der Waals surface area contributed by atoms with Crippen LogP contribution in [0.25, 0.3) is 0 Å². The predicted octanol–water partition coefficient (Wildman–Crippen LogP) is 1.12.